The second kappa shape index (κ2) is 3.86. The zero-order valence-corrected chi connectivity index (χ0v) is 10.5. The Hall–Kier alpha value is 0.0849. The van der Waals surface area contributed by atoms with Gasteiger partial charge in [-0.3, -0.25) is 0 Å². The molecule has 0 spiro atoms. The summed E-state index contributed by atoms with van der Waals surface area (Å²) in [6.07, 6.45) is 0. The Morgan fingerprint density at radius 1 is 1.33 bits per heavy atom. The third kappa shape index (κ3) is 1.43. The van der Waals surface area contributed by atoms with Gasteiger partial charge >= 0.3 is 85.6 Å². The molecule has 0 unspecified atom stereocenters. The molecule has 0 radical (unpaired) electrons. The van der Waals surface area contributed by atoms with Crippen LogP contribution in [0.3, 0.4) is 0 Å². The van der Waals surface area contributed by atoms with Crippen molar-refractivity contribution >= 4 is 41.2 Å². The van der Waals surface area contributed by atoms with Crippen molar-refractivity contribution in [2.75, 3.05) is 0 Å². The number of rotatable bonds is 2. The summed E-state index contributed by atoms with van der Waals surface area (Å²) >= 11 is -0.126. The second-order valence-electron chi connectivity index (χ2n) is 3.03. The van der Waals surface area contributed by atoms with Crippen molar-refractivity contribution < 1.29 is 4.79 Å². The fraction of sp³-hybridized carbons (Fsp3) is 0.333. The molecule has 0 fully saturated rings. The van der Waals surface area contributed by atoms with E-state index in [2.05, 4.69) is 11.2 Å². The molecule has 60 valence electrons. The summed E-state index contributed by atoms with van der Waals surface area (Å²) in [5.41, 5.74) is 1.98. The maximum atomic E-state index is 11.5. The SMILES string of the molecule is [CH2]=[Al][C]1=C(C)C(=O)C(C)=[C]1[AlH][CH3]. The van der Waals surface area contributed by atoms with Gasteiger partial charge in [-0.2, -0.15) is 0 Å². The summed E-state index contributed by atoms with van der Waals surface area (Å²) in [6, 6.07) is 0. The molecular formula is C9H12Al2O. The molecule has 12 heavy (non-hydrogen) atoms. The van der Waals surface area contributed by atoms with E-state index in [1.165, 1.54) is 8.87 Å². The van der Waals surface area contributed by atoms with Gasteiger partial charge in [0.25, 0.3) is 0 Å². The van der Waals surface area contributed by atoms with Crippen molar-refractivity contribution in [3.8, 4) is 0 Å². The van der Waals surface area contributed by atoms with Gasteiger partial charge in [-0.25, -0.2) is 0 Å². The van der Waals surface area contributed by atoms with Crippen molar-refractivity contribution in [2.24, 2.45) is 0 Å². The number of Topliss-reactive ketones (excluding diaryl/α,β-unsaturated/α-hetero) is 1. The molecule has 1 aliphatic rings. The maximum absolute atomic E-state index is 11.5. The first-order valence-electron chi connectivity index (χ1n) is 4.21. The molecule has 0 heterocycles. The van der Waals surface area contributed by atoms with Crippen LogP contribution in [0.5, 0.6) is 0 Å². The van der Waals surface area contributed by atoms with E-state index in [1.807, 2.05) is 13.8 Å². The van der Waals surface area contributed by atoms with Crippen LogP contribution in [-0.4, -0.2) is 41.2 Å². The number of hydrogen-bond acceptors (Lipinski definition) is 1. The molecule has 0 bridgehead atoms. The predicted molar refractivity (Wildman–Crippen MR) is 56.3 cm³/mol. The Labute approximate surface area is 85.5 Å². The Morgan fingerprint density at radius 3 is 2.25 bits per heavy atom. The zero-order valence-electron chi connectivity index (χ0n) is 7.90. The van der Waals surface area contributed by atoms with Gasteiger partial charge in [-0.1, -0.05) is 0 Å². The van der Waals surface area contributed by atoms with E-state index in [4.69, 9.17) is 0 Å². The van der Waals surface area contributed by atoms with E-state index in [-0.39, 0.29) is 35.8 Å². The van der Waals surface area contributed by atoms with Crippen molar-refractivity contribution in [2.45, 2.75) is 19.6 Å². The Bertz CT molecular complexity index is 310. The van der Waals surface area contributed by atoms with Gasteiger partial charge in [0, 0.05) is 0 Å². The molecule has 0 amide bonds. The third-order valence-corrected chi connectivity index (χ3v) is 5.64. The summed E-state index contributed by atoms with van der Waals surface area (Å²) < 4.78 is 2.70. The van der Waals surface area contributed by atoms with Crippen LogP contribution in [0.2, 0.25) is 5.79 Å². The first kappa shape index (κ1) is 10.2. The average Bonchev–Trinajstić information content (AvgIpc) is 2.29. The number of carbonyl (C=O) groups is 1. The van der Waals surface area contributed by atoms with Gasteiger partial charge in [0.2, 0.25) is 0 Å². The number of carbonyl (C=O) groups excluding carboxylic acids is 1. The van der Waals surface area contributed by atoms with E-state index in [0.717, 1.165) is 11.1 Å². The summed E-state index contributed by atoms with van der Waals surface area (Å²) in [6.45, 7) is 3.90. The number of allylic oxidation sites excluding steroid dienone is 4. The number of ketones is 1. The van der Waals surface area contributed by atoms with Gasteiger partial charge in [0.15, 0.2) is 0 Å². The van der Waals surface area contributed by atoms with Gasteiger partial charge in [0.1, 0.15) is 0 Å². The third-order valence-electron chi connectivity index (χ3n) is 2.42. The van der Waals surface area contributed by atoms with Gasteiger partial charge in [-0.05, 0) is 0 Å². The molecule has 0 aliphatic heterocycles. The normalized spacial score (nSPS) is 17.1. The predicted octanol–water partition coefficient (Wildman–Crippen LogP) is 0.738. The average molecular weight is 190 g/mol. The number of hydrogen-bond donors (Lipinski definition) is 0. The quantitative estimate of drug-likeness (QED) is 0.587. The minimum absolute atomic E-state index is 0.0715. The Morgan fingerprint density at radius 2 is 1.92 bits per heavy atom. The van der Waals surface area contributed by atoms with E-state index >= 15 is 0 Å². The first-order valence-corrected chi connectivity index (χ1v) is 7.73. The molecule has 0 aromatic rings. The zero-order chi connectivity index (χ0) is 9.30. The van der Waals surface area contributed by atoms with E-state index < -0.39 is 0 Å². The van der Waals surface area contributed by atoms with E-state index in [1.54, 1.807) is 0 Å². The van der Waals surface area contributed by atoms with Gasteiger partial charge < -0.3 is 0 Å². The Balaban J connectivity index is 3.26. The van der Waals surface area contributed by atoms with Crippen LogP contribution in [0.15, 0.2) is 20.0 Å². The van der Waals surface area contributed by atoms with Crippen molar-refractivity contribution in [3.05, 3.63) is 20.0 Å². The van der Waals surface area contributed by atoms with Crippen molar-refractivity contribution in [3.63, 3.8) is 0 Å². The summed E-state index contributed by atoms with van der Waals surface area (Å²) in [4.78, 5) is 11.5. The fourth-order valence-electron chi connectivity index (χ4n) is 1.70. The molecular weight excluding hydrogens is 178 g/mol. The molecule has 0 atom stereocenters. The van der Waals surface area contributed by atoms with Crippen molar-refractivity contribution in [1.29, 1.82) is 0 Å². The van der Waals surface area contributed by atoms with E-state index in [9.17, 15) is 4.79 Å². The van der Waals surface area contributed by atoms with Crippen LogP contribution >= 0.6 is 0 Å². The fourth-order valence-corrected chi connectivity index (χ4v) is 4.98. The van der Waals surface area contributed by atoms with Crippen LogP contribution in [0.25, 0.3) is 0 Å². The minimum atomic E-state index is -0.197. The molecule has 1 rings (SSSR count). The standard InChI is InChI=1S/C7H6O.CH3.CH2.2Al.H/c1-5-3-4-6(2)7(5)8;;;;;/h1-2H3;1H3;1H2;;;. The van der Waals surface area contributed by atoms with Crippen LogP contribution in [0.1, 0.15) is 13.8 Å². The van der Waals surface area contributed by atoms with Crippen LogP contribution in [0, 0.1) is 0 Å². The Kier molecular flexibility index (Phi) is 3.27. The molecule has 0 aromatic carbocycles. The topological polar surface area (TPSA) is 17.1 Å². The van der Waals surface area contributed by atoms with Crippen molar-refractivity contribution in [1.82, 2.24) is 0 Å². The van der Waals surface area contributed by atoms with Crippen LogP contribution in [-0.2, 0) is 4.79 Å². The monoisotopic (exact) mass is 190 g/mol. The molecule has 3 heteroatoms. The molecule has 0 saturated heterocycles. The molecule has 0 saturated carbocycles. The second-order valence-corrected chi connectivity index (χ2v) is 5.43. The summed E-state index contributed by atoms with van der Waals surface area (Å²) in [5, 5.41) is 3.95. The van der Waals surface area contributed by atoms with Crippen LogP contribution < -0.4 is 0 Å². The van der Waals surface area contributed by atoms with Gasteiger partial charge in [-0.15, -0.1) is 0 Å². The molecule has 1 nitrogen and oxygen atoms in total. The molecule has 0 N–H and O–H groups in total. The molecule has 0 aromatic heterocycles. The summed E-state index contributed by atoms with van der Waals surface area (Å²) in [5.74, 6) is 2.50. The first-order chi connectivity index (χ1) is 5.63. The molecule has 1 aliphatic carbocycles. The summed E-state index contributed by atoms with van der Waals surface area (Å²) in [7, 11) is 0. The van der Waals surface area contributed by atoms with Crippen LogP contribution in [0.4, 0.5) is 0 Å². The van der Waals surface area contributed by atoms with E-state index in [0.29, 0.717) is 0 Å². The van der Waals surface area contributed by atoms with Gasteiger partial charge in [0.05, 0.1) is 0 Å².